The third-order valence-corrected chi connectivity index (χ3v) is 4.53. The summed E-state index contributed by atoms with van der Waals surface area (Å²) in [6, 6.07) is 5.31. The van der Waals surface area contributed by atoms with Crippen molar-refractivity contribution < 1.29 is 28.2 Å². The number of carbonyl (C=O) groups is 3. The fourth-order valence-electron chi connectivity index (χ4n) is 3.10. The zero-order chi connectivity index (χ0) is 25.0. The number of hydrogen-bond donors (Lipinski definition) is 1. The molecule has 1 fully saturated rings. The molecule has 180 valence electrons. The van der Waals surface area contributed by atoms with Gasteiger partial charge in [-0.05, 0) is 43.7 Å². The first kappa shape index (κ1) is 27.4. The SMILES string of the molecule is CC.CNC=O.COc1cc(C)ccc1N(C=O)C1=C(F)C=C(N2CC(C)OC2=O)C=CC1. The molecule has 33 heavy (non-hydrogen) atoms. The Morgan fingerprint density at radius 3 is 2.48 bits per heavy atom. The normalized spacial score (nSPS) is 16.8. The molecule has 0 saturated carbocycles. The lowest BCUT2D eigenvalue weighted by Gasteiger charge is -2.22. The lowest BCUT2D eigenvalue weighted by Crippen LogP contribution is -2.23. The van der Waals surface area contributed by atoms with Crippen LogP contribution < -0.4 is 15.0 Å². The zero-order valence-corrected chi connectivity index (χ0v) is 19.9. The number of allylic oxidation sites excluding steroid dienone is 4. The van der Waals surface area contributed by atoms with Gasteiger partial charge in [-0.3, -0.25) is 19.4 Å². The molecule has 1 heterocycles. The van der Waals surface area contributed by atoms with Crippen molar-refractivity contribution in [3.8, 4) is 5.75 Å². The van der Waals surface area contributed by atoms with E-state index in [4.69, 9.17) is 14.3 Å². The molecule has 3 amide bonds. The molecule has 0 bridgehead atoms. The number of benzene rings is 1. The van der Waals surface area contributed by atoms with E-state index in [9.17, 15) is 9.59 Å². The van der Waals surface area contributed by atoms with E-state index >= 15 is 4.39 Å². The van der Waals surface area contributed by atoms with E-state index < -0.39 is 11.9 Å². The second kappa shape index (κ2) is 13.7. The first-order chi connectivity index (χ1) is 15.9. The Morgan fingerprint density at radius 2 is 1.97 bits per heavy atom. The molecule has 0 spiro atoms. The van der Waals surface area contributed by atoms with E-state index in [0.29, 0.717) is 36.5 Å². The summed E-state index contributed by atoms with van der Waals surface area (Å²) in [4.78, 5) is 35.4. The molecule has 0 aromatic heterocycles. The average Bonchev–Trinajstić information content (AvgIpc) is 3.05. The zero-order valence-electron chi connectivity index (χ0n) is 19.9. The Morgan fingerprint density at radius 1 is 1.30 bits per heavy atom. The number of cyclic esters (lactones) is 1. The number of carbonyl (C=O) groups excluding carboxylic acids is 3. The maximum Gasteiger partial charge on any atom is 0.414 e. The number of rotatable bonds is 6. The second-order valence-electron chi connectivity index (χ2n) is 6.83. The highest BCUT2D eigenvalue weighted by atomic mass is 19.1. The molecule has 0 radical (unpaired) electrons. The van der Waals surface area contributed by atoms with Crippen molar-refractivity contribution >= 4 is 24.6 Å². The van der Waals surface area contributed by atoms with Gasteiger partial charge in [0.15, 0.2) is 0 Å². The van der Waals surface area contributed by atoms with E-state index in [2.05, 4.69) is 5.32 Å². The molecule has 1 aliphatic heterocycles. The fraction of sp³-hybridized carbons (Fsp3) is 0.375. The summed E-state index contributed by atoms with van der Waals surface area (Å²) in [5, 5.41) is 2.25. The summed E-state index contributed by atoms with van der Waals surface area (Å²) in [5.74, 6) is -0.131. The van der Waals surface area contributed by atoms with E-state index in [-0.39, 0.29) is 18.2 Å². The van der Waals surface area contributed by atoms with Gasteiger partial charge in [-0.1, -0.05) is 26.0 Å². The van der Waals surface area contributed by atoms with E-state index in [1.54, 1.807) is 38.3 Å². The molecular formula is C24H32FN3O5. The molecule has 1 atom stereocenters. The number of nitrogens with one attached hydrogen (secondary N) is 1. The topological polar surface area (TPSA) is 88.2 Å². The van der Waals surface area contributed by atoms with Crippen LogP contribution in [0.25, 0.3) is 0 Å². The Labute approximate surface area is 194 Å². The van der Waals surface area contributed by atoms with Crippen LogP contribution in [0.15, 0.2) is 53.6 Å². The summed E-state index contributed by atoms with van der Waals surface area (Å²) in [5.41, 5.74) is 1.96. The lowest BCUT2D eigenvalue weighted by molar-refractivity contribution is -0.109. The van der Waals surface area contributed by atoms with Gasteiger partial charge in [0, 0.05) is 19.2 Å². The van der Waals surface area contributed by atoms with E-state index in [1.165, 1.54) is 23.0 Å². The van der Waals surface area contributed by atoms with Crippen LogP contribution in [-0.4, -0.2) is 50.6 Å². The summed E-state index contributed by atoms with van der Waals surface area (Å²) in [7, 11) is 3.06. The Hall–Kier alpha value is -3.62. The number of halogens is 1. The van der Waals surface area contributed by atoms with Gasteiger partial charge in [0.1, 0.15) is 17.7 Å². The maximum absolute atomic E-state index is 15.0. The number of hydrogen-bond acceptors (Lipinski definition) is 5. The van der Waals surface area contributed by atoms with Crippen molar-refractivity contribution in [2.45, 2.75) is 40.2 Å². The maximum atomic E-state index is 15.0. The van der Waals surface area contributed by atoms with Crippen molar-refractivity contribution in [2.24, 2.45) is 0 Å². The third kappa shape index (κ3) is 7.20. The van der Waals surface area contributed by atoms with Gasteiger partial charge in [-0.2, -0.15) is 0 Å². The van der Waals surface area contributed by atoms with Crippen molar-refractivity contribution in [3.63, 3.8) is 0 Å². The number of aryl methyl sites for hydroxylation is 1. The fourth-order valence-corrected chi connectivity index (χ4v) is 3.10. The summed E-state index contributed by atoms with van der Waals surface area (Å²) < 4.78 is 25.5. The largest absolute Gasteiger partial charge is 0.495 e. The van der Waals surface area contributed by atoms with Crippen LogP contribution in [0.5, 0.6) is 5.75 Å². The highest BCUT2D eigenvalue weighted by Gasteiger charge is 2.31. The predicted octanol–water partition coefficient (Wildman–Crippen LogP) is 4.22. The molecule has 1 aromatic rings. The minimum absolute atomic E-state index is 0.166. The molecular weight excluding hydrogens is 429 g/mol. The number of nitrogens with zero attached hydrogens (tertiary/aromatic N) is 2. The molecule has 1 saturated heterocycles. The van der Waals surface area contributed by atoms with Gasteiger partial charge >= 0.3 is 6.09 Å². The number of amides is 3. The van der Waals surface area contributed by atoms with Gasteiger partial charge in [0.05, 0.1) is 25.0 Å². The number of anilines is 1. The summed E-state index contributed by atoms with van der Waals surface area (Å²) in [6.07, 6.45) is 5.20. The van der Waals surface area contributed by atoms with Crippen LogP contribution in [0.4, 0.5) is 14.9 Å². The van der Waals surface area contributed by atoms with Gasteiger partial charge in [0.25, 0.3) is 0 Å². The van der Waals surface area contributed by atoms with Gasteiger partial charge in [-0.25, -0.2) is 9.18 Å². The van der Waals surface area contributed by atoms with Gasteiger partial charge in [0.2, 0.25) is 12.8 Å². The Balaban J connectivity index is 0.000000820. The minimum Gasteiger partial charge on any atom is -0.495 e. The average molecular weight is 462 g/mol. The minimum atomic E-state index is -0.600. The van der Waals surface area contributed by atoms with E-state index in [1.807, 2.05) is 26.8 Å². The summed E-state index contributed by atoms with van der Waals surface area (Å²) >= 11 is 0. The van der Waals surface area contributed by atoms with Crippen LogP contribution >= 0.6 is 0 Å². The van der Waals surface area contributed by atoms with Crippen molar-refractivity contribution in [3.05, 3.63) is 59.2 Å². The van der Waals surface area contributed by atoms with Crippen LogP contribution in [-0.2, 0) is 14.3 Å². The Bertz CT molecular complexity index is 927. The van der Waals surface area contributed by atoms with Crippen molar-refractivity contribution in [1.82, 2.24) is 10.2 Å². The van der Waals surface area contributed by atoms with E-state index in [0.717, 1.165) is 5.56 Å². The summed E-state index contributed by atoms with van der Waals surface area (Å²) in [6.45, 7) is 8.02. The smallest absolute Gasteiger partial charge is 0.414 e. The molecule has 8 nitrogen and oxygen atoms in total. The van der Waals surface area contributed by atoms with Gasteiger partial charge < -0.3 is 14.8 Å². The predicted molar refractivity (Wildman–Crippen MR) is 125 cm³/mol. The third-order valence-electron chi connectivity index (χ3n) is 4.53. The highest BCUT2D eigenvalue weighted by Crippen LogP contribution is 2.34. The van der Waals surface area contributed by atoms with Crippen LogP contribution in [0, 0.1) is 6.92 Å². The number of methoxy groups -OCH3 is 1. The lowest BCUT2D eigenvalue weighted by atomic mass is 10.1. The number of ether oxygens (including phenoxy) is 2. The highest BCUT2D eigenvalue weighted by molar-refractivity contribution is 5.84. The van der Waals surface area contributed by atoms with Crippen LogP contribution in [0.2, 0.25) is 0 Å². The van der Waals surface area contributed by atoms with Gasteiger partial charge in [-0.15, -0.1) is 0 Å². The molecule has 3 rings (SSSR count). The van der Waals surface area contributed by atoms with Crippen molar-refractivity contribution in [1.29, 1.82) is 0 Å². The van der Waals surface area contributed by atoms with Crippen molar-refractivity contribution in [2.75, 3.05) is 25.6 Å². The molecule has 1 N–H and O–H groups in total. The first-order valence-electron chi connectivity index (χ1n) is 10.6. The van der Waals surface area contributed by atoms with Crippen LogP contribution in [0.1, 0.15) is 32.8 Å². The first-order valence-corrected chi connectivity index (χ1v) is 10.6. The second-order valence-corrected chi connectivity index (χ2v) is 6.83. The quantitative estimate of drug-likeness (QED) is 0.641. The molecule has 1 aliphatic carbocycles. The Kier molecular flexibility index (Phi) is 11.4. The van der Waals surface area contributed by atoms with Crippen LogP contribution in [0.3, 0.4) is 0 Å². The molecule has 1 unspecified atom stereocenters. The monoisotopic (exact) mass is 461 g/mol. The molecule has 9 heteroatoms. The molecule has 2 aliphatic rings. The standard InChI is InChI=1S/C20H21FN2O4.C2H5NO.C2H6/c1-13-7-8-18(19(9-13)26-3)23(12-24)17-6-4-5-15(10-16(17)21)22-11-14(2)27-20(22)25;1-3-2-4;1-2/h4-5,7-10,12,14H,6,11H2,1-3H3;2H,1H3,(H,3,4);1-2H3. The molecule has 1 aromatic carbocycles.